The fourth-order valence-corrected chi connectivity index (χ4v) is 2.21. The summed E-state index contributed by atoms with van der Waals surface area (Å²) in [4.78, 5) is 0. The van der Waals surface area contributed by atoms with Crippen molar-refractivity contribution in [3.8, 4) is 5.75 Å². The second kappa shape index (κ2) is 5.69. The lowest BCUT2D eigenvalue weighted by molar-refractivity contribution is 0.158. The highest BCUT2D eigenvalue weighted by molar-refractivity contribution is 5.32. The van der Waals surface area contributed by atoms with E-state index in [-0.39, 0.29) is 12.4 Å². The number of phenolic OH excluding ortho intramolecular Hbond substituents is 1. The van der Waals surface area contributed by atoms with Crippen LogP contribution in [-0.4, -0.2) is 36.6 Å². The molecule has 1 saturated heterocycles. The Hall–Kier alpha value is -1.10. The van der Waals surface area contributed by atoms with Crippen molar-refractivity contribution >= 4 is 0 Å². The van der Waals surface area contributed by atoms with E-state index in [0.717, 1.165) is 31.7 Å². The first-order valence-electron chi connectivity index (χ1n) is 6.37. The topological polar surface area (TPSA) is 61.7 Å². The van der Waals surface area contributed by atoms with Gasteiger partial charge in [-0.2, -0.15) is 0 Å². The Balaban J connectivity index is 2.04. The fraction of sp³-hybridized carbons (Fsp3) is 0.571. The van der Waals surface area contributed by atoms with Gasteiger partial charge in [0.15, 0.2) is 0 Å². The number of aliphatic hydroxyl groups excluding tert-OH is 1. The lowest BCUT2D eigenvalue weighted by Crippen LogP contribution is -2.45. The van der Waals surface area contributed by atoms with Crippen LogP contribution in [0.1, 0.15) is 18.9 Å². The molecule has 1 heterocycles. The number of hydrogen-bond acceptors (Lipinski definition) is 4. The molecule has 100 valence electrons. The predicted molar refractivity (Wildman–Crippen MR) is 69.5 cm³/mol. The highest BCUT2D eigenvalue weighted by atomic mass is 16.5. The summed E-state index contributed by atoms with van der Waals surface area (Å²) in [5.74, 6) is 0.728. The summed E-state index contributed by atoms with van der Waals surface area (Å²) in [5.41, 5.74) is 0.366. The first kappa shape index (κ1) is 13.3. The van der Waals surface area contributed by atoms with Gasteiger partial charge in [0.25, 0.3) is 0 Å². The van der Waals surface area contributed by atoms with Gasteiger partial charge in [-0.15, -0.1) is 0 Å². The molecule has 0 radical (unpaired) electrons. The van der Waals surface area contributed by atoms with E-state index in [4.69, 9.17) is 4.74 Å². The molecule has 0 amide bonds. The van der Waals surface area contributed by atoms with E-state index < -0.39 is 5.54 Å². The van der Waals surface area contributed by atoms with Crippen LogP contribution in [0.5, 0.6) is 5.75 Å². The molecule has 0 aromatic heterocycles. The number of ether oxygens (including phenoxy) is 1. The summed E-state index contributed by atoms with van der Waals surface area (Å²) in [5, 5.41) is 22.5. The van der Waals surface area contributed by atoms with Crippen molar-refractivity contribution in [3.05, 3.63) is 29.8 Å². The van der Waals surface area contributed by atoms with Crippen molar-refractivity contribution < 1.29 is 14.9 Å². The summed E-state index contributed by atoms with van der Waals surface area (Å²) in [6, 6.07) is 7.02. The molecule has 2 atom stereocenters. The van der Waals surface area contributed by atoms with Gasteiger partial charge >= 0.3 is 0 Å². The molecule has 4 heteroatoms. The van der Waals surface area contributed by atoms with E-state index in [1.54, 1.807) is 18.2 Å². The summed E-state index contributed by atoms with van der Waals surface area (Å²) in [6.07, 6.45) is 1.06. The molecule has 0 aliphatic carbocycles. The van der Waals surface area contributed by atoms with Crippen molar-refractivity contribution in [2.45, 2.75) is 18.9 Å². The van der Waals surface area contributed by atoms with Crippen LogP contribution in [0, 0.1) is 5.92 Å². The zero-order valence-corrected chi connectivity index (χ0v) is 10.7. The van der Waals surface area contributed by atoms with Crippen molar-refractivity contribution in [3.63, 3.8) is 0 Å². The minimum Gasteiger partial charge on any atom is -0.508 e. The minimum absolute atomic E-state index is 0.00989. The monoisotopic (exact) mass is 251 g/mol. The molecule has 0 spiro atoms. The Morgan fingerprint density at radius 2 is 2.33 bits per heavy atom. The number of rotatable bonds is 5. The summed E-state index contributed by atoms with van der Waals surface area (Å²) >= 11 is 0. The van der Waals surface area contributed by atoms with E-state index in [1.807, 2.05) is 13.0 Å². The summed E-state index contributed by atoms with van der Waals surface area (Å²) in [6.45, 7) is 4.36. The fourth-order valence-electron chi connectivity index (χ4n) is 2.21. The Labute approximate surface area is 108 Å². The summed E-state index contributed by atoms with van der Waals surface area (Å²) < 4.78 is 5.34. The molecule has 1 aliphatic heterocycles. The molecule has 1 fully saturated rings. The average molecular weight is 251 g/mol. The first-order chi connectivity index (χ1) is 8.64. The molecule has 0 bridgehead atoms. The smallest absolute Gasteiger partial charge is 0.115 e. The molecule has 18 heavy (non-hydrogen) atoms. The highest BCUT2D eigenvalue weighted by Gasteiger charge is 2.27. The van der Waals surface area contributed by atoms with E-state index in [1.165, 1.54) is 0 Å². The SMILES string of the molecule is CC(CO)(NCC1CCOC1)c1cccc(O)c1. The average Bonchev–Trinajstić information content (AvgIpc) is 2.89. The van der Waals surface area contributed by atoms with Crippen molar-refractivity contribution in [2.75, 3.05) is 26.4 Å². The lowest BCUT2D eigenvalue weighted by Gasteiger charge is -2.30. The number of aromatic hydroxyl groups is 1. The van der Waals surface area contributed by atoms with Gasteiger partial charge in [0.2, 0.25) is 0 Å². The quantitative estimate of drug-likeness (QED) is 0.736. The van der Waals surface area contributed by atoms with Gasteiger partial charge in [-0.1, -0.05) is 12.1 Å². The molecule has 4 nitrogen and oxygen atoms in total. The Bertz CT molecular complexity index is 390. The standard InChI is InChI=1S/C14H21NO3/c1-14(10-16,12-3-2-4-13(17)7-12)15-8-11-5-6-18-9-11/h2-4,7,11,15-17H,5-6,8-10H2,1H3. The van der Waals surface area contributed by atoms with Crippen LogP contribution in [0.4, 0.5) is 0 Å². The minimum atomic E-state index is -0.526. The van der Waals surface area contributed by atoms with Gasteiger partial charge < -0.3 is 20.3 Å². The van der Waals surface area contributed by atoms with Crippen LogP contribution in [0.15, 0.2) is 24.3 Å². The number of hydrogen-bond donors (Lipinski definition) is 3. The number of aliphatic hydroxyl groups is 1. The summed E-state index contributed by atoms with van der Waals surface area (Å²) in [7, 11) is 0. The molecular formula is C14H21NO3. The molecule has 0 saturated carbocycles. The van der Waals surface area contributed by atoms with E-state index in [2.05, 4.69) is 5.32 Å². The third kappa shape index (κ3) is 3.02. The van der Waals surface area contributed by atoms with Gasteiger partial charge in [0.05, 0.1) is 18.8 Å². The maximum atomic E-state index is 9.63. The maximum Gasteiger partial charge on any atom is 0.115 e. The number of phenols is 1. The first-order valence-corrected chi connectivity index (χ1v) is 6.37. The van der Waals surface area contributed by atoms with Crippen molar-refractivity contribution in [1.82, 2.24) is 5.32 Å². The van der Waals surface area contributed by atoms with Gasteiger partial charge in [-0.25, -0.2) is 0 Å². The van der Waals surface area contributed by atoms with E-state index in [9.17, 15) is 10.2 Å². The van der Waals surface area contributed by atoms with Gasteiger partial charge in [-0.3, -0.25) is 0 Å². The van der Waals surface area contributed by atoms with E-state index in [0.29, 0.717) is 5.92 Å². The predicted octanol–water partition coefficient (Wildman–Crippen LogP) is 1.23. The molecule has 3 N–H and O–H groups in total. The molecule has 1 aromatic carbocycles. The number of nitrogens with one attached hydrogen (secondary N) is 1. The Morgan fingerprint density at radius 3 is 2.94 bits per heavy atom. The van der Waals surface area contributed by atoms with Crippen LogP contribution in [0.25, 0.3) is 0 Å². The number of benzene rings is 1. The van der Waals surface area contributed by atoms with Crippen LogP contribution in [0.2, 0.25) is 0 Å². The molecule has 1 aromatic rings. The van der Waals surface area contributed by atoms with Gasteiger partial charge in [-0.05, 0) is 37.0 Å². The van der Waals surface area contributed by atoms with Crippen LogP contribution < -0.4 is 5.32 Å². The van der Waals surface area contributed by atoms with Crippen LogP contribution in [-0.2, 0) is 10.3 Å². The second-order valence-corrected chi connectivity index (χ2v) is 5.15. The van der Waals surface area contributed by atoms with Gasteiger partial charge in [0.1, 0.15) is 5.75 Å². The zero-order chi connectivity index (χ0) is 13.0. The third-order valence-corrected chi connectivity index (χ3v) is 3.60. The van der Waals surface area contributed by atoms with E-state index >= 15 is 0 Å². The normalized spacial score (nSPS) is 22.9. The molecule has 2 unspecified atom stereocenters. The molecule has 2 rings (SSSR count). The highest BCUT2D eigenvalue weighted by Crippen LogP contribution is 2.24. The lowest BCUT2D eigenvalue weighted by atomic mass is 9.92. The largest absolute Gasteiger partial charge is 0.508 e. The van der Waals surface area contributed by atoms with Crippen LogP contribution in [0.3, 0.4) is 0 Å². The zero-order valence-electron chi connectivity index (χ0n) is 10.7. The van der Waals surface area contributed by atoms with Gasteiger partial charge in [0, 0.05) is 13.2 Å². The van der Waals surface area contributed by atoms with Crippen LogP contribution >= 0.6 is 0 Å². The van der Waals surface area contributed by atoms with Crippen molar-refractivity contribution in [1.29, 1.82) is 0 Å². The second-order valence-electron chi connectivity index (χ2n) is 5.15. The Morgan fingerprint density at radius 1 is 1.50 bits per heavy atom. The third-order valence-electron chi connectivity index (χ3n) is 3.60. The molecule has 1 aliphatic rings. The molecular weight excluding hydrogens is 230 g/mol. The van der Waals surface area contributed by atoms with Crippen molar-refractivity contribution in [2.24, 2.45) is 5.92 Å². The Kier molecular flexibility index (Phi) is 4.22. The maximum absolute atomic E-state index is 9.63.